The number of carbonyl (C=O) groups is 3. The van der Waals surface area contributed by atoms with Crippen molar-refractivity contribution in [1.29, 1.82) is 5.26 Å². The number of carbonyl (C=O) groups excluding carboxylic acids is 3. The van der Waals surface area contributed by atoms with E-state index in [0.717, 1.165) is 11.8 Å². The van der Waals surface area contributed by atoms with E-state index in [1.54, 1.807) is 31.2 Å². The van der Waals surface area contributed by atoms with Gasteiger partial charge in [-0.05, 0) is 24.6 Å². The van der Waals surface area contributed by atoms with Crippen LogP contribution in [0.3, 0.4) is 0 Å². The van der Waals surface area contributed by atoms with Crippen molar-refractivity contribution in [2.75, 3.05) is 20.3 Å². The number of benzene rings is 1. The van der Waals surface area contributed by atoms with Crippen molar-refractivity contribution in [1.82, 2.24) is 10.6 Å². The van der Waals surface area contributed by atoms with E-state index in [0.29, 0.717) is 11.3 Å². The van der Waals surface area contributed by atoms with Gasteiger partial charge in [-0.3, -0.25) is 14.9 Å². The Labute approximate surface area is 166 Å². The molecule has 2 rings (SSSR count). The average molecular weight is 404 g/mol. The number of rotatable bonds is 6. The molecule has 1 aromatic rings. The summed E-state index contributed by atoms with van der Waals surface area (Å²) in [5.74, 6) is -1.22. The molecule has 2 atom stereocenters. The third kappa shape index (κ3) is 4.95. The molecule has 9 nitrogen and oxygen atoms in total. The third-order valence-electron chi connectivity index (χ3n) is 3.92. The van der Waals surface area contributed by atoms with Gasteiger partial charge >= 0.3 is 12.0 Å². The predicted molar refractivity (Wildman–Crippen MR) is 102 cm³/mol. The van der Waals surface area contributed by atoms with Gasteiger partial charge in [0.1, 0.15) is 17.5 Å². The molecule has 1 aliphatic rings. The summed E-state index contributed by atoms with van der Waals surface area (Å²) in [5.41, 5.74) is 6.88. The Kier molecular flexibility index (Phi) is 7.28. The molecular formula is C18H20N4O5S. The summed E-state index contributed by atoms with van der Waals surface area (Å²) in [6.07, 6.45) is 0. The summed E-state index contributed by atoms with van der Waals surface area (Å²) in [5, 5.41) is 13.3. The number of hydrogen-bond donors (Lipinski definition) is 3. The highest BCUT2D eigenvalue weighted by molar-refractivity contribution is 8.04. The second-order valence-electron chi connectivity index (χ2n) is 5.66. The monoisotopic (exact) mass is 404 g/mol. The summed E-state index contributed by atoms with van der Waals surface area (Å²) >= 11 is 1.01. The molecule has 28 heavy (non-hydrogen) atoms. The molecule has 3 amide bonds. The lowest BCUT2D eigenvalue weighted by molar-refractivity contribution is -0.141. The van der Waals surface area contributed by atoms with Crippen molar-refractivity contribution < 1.29 is 23.9 Å². The van der Waals surface area contributed by atoms with Crippen LogP contribution in [0.25, 0.3) is 0 Å². The summed E-state index contributed by atoms with van der Waals surface area (Å²) in [4.78, 5) is 35.8. The summed E-state index contributed by atoms with van der Waals surface area (Å²) in [7, 11) is 1.53. The number of thioether (sulfide) groups is 1. The minimum atomic E-state index is -0.837. The van der Waals surface area contributed by atoms with Crippen LogP contribution >= 0.6 is 11.8 Å². The second-order valence-corrected chi connectivity index (χ2v) is 6.84. The molecule has 0 aliphatic carbocycles. The van der Waals surface area contributed by atoms with Gasteiger partial charge < -0.3 is 20.5 Å². The number of hydrogen-bond acceptors (Lipinski definition) is 8. The Hall–Kier alpha value is -3.19. The largest absolute Gasteiger partial charge is 0.497 e. The highest BCUT2D eigenvalue weighted by Gasteiger charge is 2.41. The van der Waals surface area contributed by atoms with Crippen LogP contribution in [0.15, 0.2) is 34.9 Å². The van der Waals surface area contributed by atoms with Crippen molar-refractivity contribution >= 4 is 29.7 Å². The smallest absolute Gasteiger partial charge is 0.325 e. The van der Waals surface area contributed by atoms with Gasteiger partial charge in [-0.15, -0.1) is 0 Å². The zero-order valence-electron chi connectivity index (χ0n) is 15.4. The van der Waals surface area contributed by atoms with Gasteiger partial charge in [0, 0.05) is 5.92 Å². The first-order valence-corrected chi connectivity index (χ1v) is 9.23. The number of esters is 1. The fourth-order valence-corrected chi connectivity index (χ4v) is 3.82. The minimum absolute atomic E-state index is 0.186. The molecule has 0 bridgehead atoms. The maximum absolute atomic E-state index is 12.6. The Morgan fingerprint density at radius 2 is 1.96 bits per heavy atom. The van der Waals surface area contributed by atoms with E-state index in [1.807, 2.05) is 6.07 Å². The van der Waals surface area contributed by atoms with Gasteiger partial charge in [0.2, 0.25) is 5.91 Å². The van der Waals surface area contributed by atoms with Crippen LogP contribution in [0.1, 0.15) is 18.4 Å². The Balaban J connectivity index is 2.11. The van der Waals surface area contributed by atoms with Gasteiger partial charge in [-0.2, -0.15) is 5.26 Å². The molecule has 0 radical (unpaired) electrons. The summed E-state index contributed by atoms with van der Waals surface area (Å²) in [6.45, 7) is 1.46. The number of ether oxygens (including phenoxy) is 2. The topological polar surface area (TPSA) is 144 Å². The number of allylic oxidation sites excluding steroid dienone is 1. The SMILES string of the molecule is CCOC(=O)CNC(=O)NC(=O)[C@H]1SC(N)=C(C#N)[C@@H]1c1ccc(OC)cc1. The molecule has 1 heterocycles. The lowest BCUT2D eigenvalue weighted by Gasteiger charge is -2.19. The van der Waals surface area contributed by atoms with Crippen LogP contribution in [-0.2, 0) is 14.3 Å². The fourth-order valence-electron chi connectivity index (χ4n) is 2.65. The third-order valence-corrected chi connectivity index (χ3v) is 5.14. The van der Waals surface area contributed by atoms with Gasteiger partial charge in [0.15, 0.2) is 0 Å². The van der Waals surface area contributed by atoms with Crippen molar-refractivity contribution in [2.24, 2.45) is 5.73 Å². The molecule has 1 aromatic carbocycles. The lowest BCUT2D eigenvalue weighted by Crippen LogP contribution is -2.46. The highest BCUT2D eigenvalue weighted by atomic mass is 32.2. The molecule has 0 saturated heterocycles. The number of imide groups is 1. The number of nitriles is 1. The Bertz CT molecular complexity index is 831. The molecule has 4 N–H and O–H groups in total. The lowest BCUT2D eigenvalue weighted by atomic mass is 9.88. The number of urea groups is 1. The van der Waals surface area contributed by atoms with Crippen LogP contribution < -0.4 is 21.1 Å². The maximum Gasteiger partial charge on any atom is 0.325 e. The van der Waals surface area contributed by atoms with Crippen LogP contribution in [0, 0.1) is 11.3 Å². The zero-order valence-corrected chi connectivity index (χ0v) is 16.2. The fraction of sp³-hybridized carbons (Fsp3) is 0.333. The quantitative estimate of drug-likeness (QED) is 0.595. The normalized spacial score (nSPS) is 18.2. The molecule has 0 aromatic heterocycles. The first-order chi connectivity index (χ1) is 13.4. The van der Waals surface area contributed by atoms with Crippen LogP contribution in [0.2, 0.25) is 0 Å². The number of methoxy groups -OCH3 is 1. The van der Waals surface area contributed by atoms with Gasteiger partial charge in [-0.1, -0.05) is 23.9 Å². The molecule has 148 valence electrons. The van der Waals surface area contributed by atoms with Crippen LogP contribution in [-0.4, -0.2) is 43.4 Å². The molecule has 0 saturated carbocycles. The zero-order chi connectivity index (χ0) is 20.7. The maximum atomic E-state index is 12.6. The van der Waals surface area contributed by atoms with E-state index in [2.05, 4.69) is 10.6 Å². The molecule has 1 aliphatic heterocycles. The first-order valence-electron chi connectivity index (χ1n) is 8.35. The van der Waals surface area contributed by atoms with E-state index < -0.39 is 29.1 Å². The van der Waals surface area contributed by atoms with Gasteiger partial charge in [0.05, 0.1) is 30.4 Å². The summed E-state index contributed by atoms with van der Waals surface area (Å²) < 4.78 is 9.81. The highest BCUT2D eigenvalue weighted by Crippen LogP contribution is 2.45. The van der Waals surface area contributed by atoms with E-state index in [1.165, 1.54) is 7.11 Å². The van der Waals surface area contributed by atoms with E-state index in [4.69, 9.17) is 15.2 Å². The van der Waals surface area contributed by atoms with E-state index in [9.17, 15) is 19.6 Å². The van der Waals surface area contributed by atoms with Crippen LogP contribution in [0.4, 0.5) is 4.79 Å². The van der Waals surface area contributed by atoms with E-state index >= 15 is 0 Å². The van der Waals surface area contributed by atoms with Crippen molar-refractivity contribution in [3.05, 3.63) is 40.4 Å². The molecular weight excluding hydrogens is 384 g/mol. The predicted octanol–water partition coefficient (Wildman–Crippen LogP) is 0.977. The number of nitrogens with two attached hydrogens (primary N) is 1. The van der Waals surface area contributed by atoms with Crippen molar-refractivity contribution in [3.8, 4) is 11.8 Å². The standard InChI is InChI=1S/C18H20N4O5S/c1-3-27-13(23)9-21-18(25)22-17(24)15-14(12(8-19)16(20)28-15)10-4-6-11(26-2)7-5-10/h4-7,14-15H,3,9,20H2,1-2H3,(H2,21,22,24,25)/t14-,15-/m0/s1. The minimum Gasteiger partial charge on any atom is -0.497 e. The molecule has 0 fully saturated rings. The Morgan fingerprint density at radius 3 is 2.54 bits per heavy atom. The number of nitrogens with one attached hydrogen (secondary N) is 2. The second kappa shape index (κ2) is 9.66. The van der Waals surface area contributed by atoms with Gasteiger partial charge in [0.25, 0.3) is 0 Å². The first kappa shape index (κ1) is 21.1. The Morgan fingerprint density at radius 1 is 1.29 bits per heavy atom. The molecule has 10 heteroatoms. The molecule has 0 unspecified atom stereocenters. The average Bonchev–Trinajstić information content (AvgIpc) is 3.03. The number of amides is 3. The van der Waals surface area contributed by atoms with Crippen molar-refractivity contribution in [2.45, 2.75) is 18.1 Å². The van der Waals surface area contributed by atoms with Gasteiger partial charge in [-0.25, -0.2) is 4.79 Å². The summed E-state index contributed by atoms with van der Waals surface area (Å²) in [6, 6.07) is 8.11. The number of nitrogens with zero attached hydrogens (tertiary/aromatic N) is 1. The molecule has 0 spiro atoms. The van der Waals surface area contributed by atoms with Crippen molar-refractivity contribution in [3.63, 3.8) is 0 Å². The van der Waals surface area contributed by atoms with Crippen LogP contribution in [0.5, 0.6) is 5.75 Å². The van der Waals surface area contributed by atoms with E-state index in [-0.39, 0.29) is 23.8 Å².